The van der Waals surface area contributed by atoms with Crippen LogP contribution in [0.4, 0.5) is 32.2 Å². The molecule has 22 heavy (non-hydrogen) atoms. The van der Waals surface area contributed by atoms with Crippen LogP contribution in [-0.2, 0) is 11.8 Å². The van der Waals surface area contributed by atoms with E-state index in [0.29, 0.717) is 0 Å². The van der Waals surface area contributed by atoms with Crippen LogP contribution in [0.1, 0.15) is 0 Å². The molecule has 0 saturated carbocycles. The van der Waals surface area contributed by atoms with E-state index in [4.69, 9.17) is 0 Å². The average molecular weight is 325 g/mol. The monoisotopic (exact) mass is 325 g/mol. The molecule has 0 aliphatic heterocycles. The number of amides is 1. The Labute approximate surface area is 119 Å². The van der Waals surface area contributed by atoms with Crippen LogP contribution in [-0.4, -0.2) is 34.8 Å². The summed E-state index contributed by atoms with van der Waals surface area (Å²) in [6.07, 6.45) is -8.57. The maximum atomic E-state index is 13.7. The van der Waals surface area contributed by atoms with E-state index in [1.54, 1.807) is 0 Å². The first-order chi connectivity index (χ1) is 10.1. The SMILES string of the molecule is Cn1nc(N(CC(F)F)C(=O)C(F)(F)F)c2cccc(F)c21. The van der Waals surface area contributed by atoms with Gasteiger partial charge in [-0.05, 0) is 12.1 Å². The highest BCUT2D eigenvalue weighted by atomic mass is 19.4. The summed E-state index contributed by atoms with van der Waals surface area (Å²) < 4.78 is 77.4. The van der Waals surface area contributed by atoms with Crippen molar-refractivity contribution in [2.45, 2.75) is 12.6 Å². The second-order valence-corrected chi connectivity index (χ2v) is 4.39. The molecule has 0 spiro atoms. The van der Waals surface area contributed by atoms with E-state index in [2.05, 4.69) is 5.10 Å². The first-order valence-corrected chi connectivity index (χ1v) is 5.91. The smallest absolute Gasteiger partial charge is 0.281 e. The Morgan fingerprint density at radius 1 is 1.36 bits per heavy atom. The van der Waals surface area contributed by atoms with Gasteiger partial charge in [0.1, 0.15) is 11.3 Å². The van der Waals surface area contributed by atoms with E-state index in [9.17, 15) is 31.1 Å². The molecule has 0 fully saturated rings. The molecule has 0 atom stereocenters. The number of rotatable bonds is 3. The van der Waals surface area contributed by atoms with E-state index in [-0.39, 0.29) is 15.8 Å². The highest BCUT2D eigenvalue weighted by Crippen LogP contribution is 2.31. The van der Waals surface area contributed by atoms with Crippen molar-refractivity contribution in [2.24, 2.45) is 7.05 Å². The molecule has 1 aromatic heterocycles. The fraction of sp³-hybridized carbons (Fsp3) is 0.333. The number of hydrogen-bond acceptors (Lipinski definition) is 2. The number of benzene rings is 1. The van der Waals surface area contributed by atoms with Crippen molar-refractivity contribution in [2.75, 3.05) is 11.4 Å². The number of aryl methyl sites for hydroxylation is 1. The predicted octanol–water partition coefficient (Wildman–Crippen LogP) is 2.87. The number of fused-ring (bicyclic) bond motifs is 1. The summed E-state index contributed by atoms with van der Waals surface area (Å²) in [4.78, 5) is 11.2. The van der Waals surface area contributed by atoms with Crippen molar-refractivity contribution >= 4 is 22.6 Å². The number of alkyl halides is 5. The van der Waals surface area contributed by atoms with Gasteiger partial charge in [-0.25, -0.2) is 13.2 Å². The Morgan fingerprint density at radius 3 is 2.55 bits per heavy atom. The topological polar surface area (TPSA) is 38.1 Å². The van der Waals surface area contributed by atoms with Gasteiger partial charge in [-0.2, -0.15) is 18.3 Å². The zero-order chi connectivity index (χ0) is 16.7. The summed E-state index contributed by atoms with van der Waals surface area (Å²) in [5.41, 5.74) is -0.188. The zero-order valence-electron chi connectivity index (χ0n) is 11.0. The summed E-state index contributed by atoms with van der Waals surface area (Å²) in [6, 6.07) is 3.42. The zero-order valence-corrected chi connectivity index (χ0v) is 11.0. The molecule has 0 bridgehead atoms. The molecule has 1 amide bonds. The number of hydrogen-bond donors (Lipinski definition) is 0. The Hall–Kier alpha value is -2.26. The minimum Gasteiger partial charge on any atom is -0.281 e. The van der Waals surface area contributed by atoms with E-state index in [0.717, 1.165) is 10.7 Å². The minimum atomic E-state index is -5.36. The molecule has 0 saturated heterocycles. The van der Waals surface area contributed by atoms with Gasteiger partial charge >= 0.3 is 12.1 Å². The highest BCUT2D eigenvalue weighted by Gasteiger charge is 2.45. The largest absolute Gasteiger partial charge is 0.471 e. The van der Waals surface area contributed by atoms with E-state index in [1.807, 2.05) is 0 Å². The molecule has 0 unspecified atom stereocenters. The number of aromatic nitrogens is 2. The van der Waals surface area contributed by atoms with Gasteiger partial charge < -0.3 is 0 Å². The van der Waals surface area contributed by atoms with Crippen molar-refractivity contribution < 1.29 is 31.1 Å². The molecule has 0 N–H and O–H groups in total. The van der Waals surface area contributed by atoms with Gasteiger partial charge in [0, 0.05) is 12.4 Å². The number of anilines is 1. The lowest BCUT2D eigenvalue weighted by atomic mass is 10.2. The second-order valence-electron chi connectivity index (χ2n) is 4.39. The van der Waals surface area contributed by atoms with Crippen LogP contribution in [0.3, 0.4) is 0 Å². The number of nitrogens with zero attached hydrogens (tertiary/aromatic N) is 3. The van der Waals surface area contributed by atoms with Crippen LogP contribution in [0.2, 0.25) is 0 Å². The highest BCUT2D eigenvalue weighted by molar-refractivity contribution is 6.03. The third-order valence-corrected chi connectivity index (χ3v) is 2.86. The van der Waals surface area contributed by atoms with Crippen LogP contribution in [0.5, 0.6) is 0 Å². The first kappa shape index (κ1) is 16.1. The van der Waals surface area contributed by atoms with Crippen LogP contribution < -0.4 is 4.90 Å². The molecule has 2 rings (SSSR count). The molecule has 1 aromatic carbocycles. The lowest BCUT2D eigenvalue weighted by molar-refractivity contribution is -0.170. The van der Waals surface area contributed by atoms with E-state index in [1.165, 1.54) is 19.2 Å². The third kappa shape index (κ3) is 2.85. The van der Waals surface area contributed by atoms with Crippen LogP contribution in [0.25, 0.3) is 10.9 Å². The number of carbonyl (C=O) groups is 1. The lowest BCUT2D eigenvalue weighted by Gasteiger charge is -2.21. The predicted molar refractivity (Wildman–Crippen MR) is 65.1 cm³/mol. The van der Waals surface area contributed by atoms with Gasteiger partial charge in [-0.15, -0.1) is 0 Å². The molecular formula is C12H9F6N3O. The van der Waals surface area contributed by atoms with Crippen LogP contribution in [0.15, 0.2) is 18.2 Å². The molecule has 2 aromatic rings. The molecule has 120 valence electrons. The van der Waals surface area contributed by atoms with Crippen molar-refractivity contribution in [3.63, 3.8) is 0 Å². The van der Waals surface area contributed by atoms with Gasteiger partial charge in [-0.3, -0.25) is 14.4 Å². The minimum absolute atomic E-state index is 0.166. The Balaban J connectivity index is 2.63. The maximum Gasteiger partial charge on any atom is 0.471 e. The standard InChI is InChI=1S/C12H9F6N3O/c1-20-9-6(3-2-4-7(9)13)10(19-20)21(5-8(14)15)11(22)12(16,17)18/h2-4,8H,5H2,1H3. The third-order valence-electron chi connectivity index (χ3n) is 2.86. The molecule has 0 aliphatic rings. The summed E-state index contributed by atoms with van der Waals surface area (Å²) in [6.45, 7) is -1.50. The quantitative estimate of drug-likeness (QED) is 0.814. The summed E-state index contributed by atoms with van der Waals surface area (Å²) in [5, 5.41) is 3.42. The molecule has 0 radical (unpaired) electrons. The lowest BCUT2D eigenvalue weighted by Crippen LogP contribution is -2.44. The number of carbonyl (C=O) groups excluding carboxylic acids is 1. The summed E-state index contributed by atoms with van der Waals surface area (Å²) in [5.74, 6) is -3.95. The van der Waals surface area contributed by atoms with E-state index < -0.39 is 36.7 Å². The second kappa shape index (κ2) is 5.50. The van der Waals surface area contributed by atoms with Gasteiger partial charge in [0.15, 0.2) is 5.82 Å². The van der Waals surface area contributed by atoms with E-state index >= 15 is 0 Å². The molecular weight excluding hydrogens is 316 g/mol. The molecule has 0 aliphatic carbocycles. The fourth-order valence-corrected chi connectivity index (χ4v) is 2.03. The van der Waals surface area contributed by atoms with Gasteiger partial charge in [0.2, 0.25) is 0 Å². The normalized spacial score (nSPS) is 12.2. The first-order valence-electron chi connectivity index (χ1n) is 5.91. The van der Waals surface area contributed by atoms with Gasteiger partial charge in [-0.1, -0.05) is 6.07 Å². The summed E-state index contributed by atoms with van der Waals surface area (Å²) in [7, 11) is 1.23. The fourth-order valence-electron chi connectivity index (χ4n) is 2.03. The summed E-state index contributed by atoms with van der Waals surface area (Å²) >= 11 is 0. The molecule has 1 heterocycles. The Kier molecular flexibility index (Phi) is 4.03. The number of para-hydroxylation sites is 1. The van der Waals surface area contributed by atoms with Crippen molar-refractivity contribution in [1.29, 1.82) is 0 Å². The number of halogens is 6. The molecule has 10 heteroatoms. The maximum absolute atomic E-state index is 13.7. The average Bonchev–Trinajstić information content (AvgIpc) is 2.72. The molecule has 4 nitrogen and oxygen atoms in total. The van der Waals surface area contributed by atoms with Crippen molar-refractivity contribution in [3.05, 3.63) is 24.0 Å². The van der Waals surface area contributed by atoms with Crippen LogP contribution in [0, 0.1) is 5.82 Å². The van der Waals surface area contributed by atoms with Crippen LogP contribution >= 0.6 is 0 Å². The van der Waals surface area contributed by atoms with Gasteiger partial charge in [0.05, 0.1) is 6.54 Å². The van der Waals surface area contributed by atoms with Gasteiger partial charge in [0.25, 0.3) is 6.43 Å². The van der Waals surface area contributed by atoms with Crippen molar-refractivity contribution in [3.8, 4) is 0 Å². The Bertz CT molecular complexity index is 709. The Morgan fingerprint density at radius 2 is 2.00 bits per heavy atom. The van der Waals surface area contributed by atoms with Crippen molar-refractivity contribution in [1.82, 2.24) is 9.78 Å².